The van der Waals surface area contributed by atoms with E-state index in [1.165, 1.54) is 0 Å². The highest BCUT2D eigenvalue weighted by Gasteiger charge is 2.31. The van der Waals surface area contributed by atoms with Gasteiger partial charge in [-0.05, 0) is 60.6 Å². The summed E-state index contributed by atoms with van der Waals surface area (Å²) in [6, 6.07) is 9.40. The Balaban J connectivity index is 2.29. The van der Waals surface area contributed by atoms with Crippen LogP contribution in [0.5, 0.6) is 5.75 Å². The molecule has 3 aromatic rings. The largest absolute Gasteiger partial charge is 0.495 e. The summed E-state index contributed by atoms with van der Waals surface area (Å²) in [5, 5.41) is 13.8. The molecule has 0 bridgehead atoms. The molecule has 0 saturated heterocycles. The Morgan fingerprint density at radius 1 is 1.10 bits per heavy atom. The van der Waals surface area contributed by atoms with Crippen molar-refractivity contribution in [2.45, 2.75) is 33.7 Å². The monoisotopic (exact) mass is 433 g/mol. The van der Waals surface area contributed by atoms with Gasteiger partial charge in [0.15, 0.2) is 5.82 Å². The molecule has 0 aliphatic carbocycles. The lowest BCUT2D eigenvalue weighted by molar-refractivity contribution is 0.234. The first-order valence-corrected chi connectivity index (χ1v) is 10.3. The summed E-state index contributed by atoms with van der Waals surface area (Å²) < 4.78 is 7.45. The van der Waals surface area contributed by atoms with Crippen LogP contribution in [0.3, 0.4) is 0 Å². The SMILES string of the molecule is CCN(CC)[C@H](c1cc(Cl)cc(Cl)c1OC)c1nnnn1-c1c(C)cccc1C. The van der Waals surface area contributed by atoms with Crippen molar-refractivity contribution in [3.63, 3.8) is 0 Å². The molecule has 0 fully saturated rings. The van der Waals surface area contributed by atoms with Crippen LogP contribution in [-0.2, 0) is 0 Å². The van der Waals surface area contributed by atoms with E-state index in [4.69, 9.17) is 27.9 Å². The van der Waals surface area contributed by atoms with Crippen LogP contribution < -0.4 is 4.74 Å². The smallest absolute Gasteiger partial charge is 0.178 e. The number of ether oxygens (including phenoxy) is 1. The van der Waals surface area contributed by atoms with Crippen molar-refractivity contribution in [1.82, 2.24) is 25.1 Å². The predicted octanol–water partition coefficient (Wildman–Crippen LogP) is 5.03. The molecule has 154 valence electrons. The summed E-state index contributed by atoms with van der Waals surface area (Å²) >= 11 is 12.8. The maximum atomic E-state index is 6.45. The van der Waals surface area contributed by atoms with Crippen molar-refractivity contribution < 1.29 is 4.74 Å². The molecule has 1 heterocycles. The zero-order valence-corrected chi connectivity index (χ0v) is 18.8. The van der Waals surface area contributed by atoms with Crippen LogP contribution in [-0.4, -0.2) is 45.3 Å². The maximum absolute atomic E-state index is 6.45. The van der Waals surface area contributed by atoms with Crippen LogP contribution in [0.1, 0.15) is 42.4 Å². The van der Waals surface area contributed by atoms with Crippen LogP contribution in [0.2, 0.25) is 10.0 Å². The van der Waals surface area contributed by atoms with Gasteiger partial charge < -0.3 is 4.74 Å². The molecule has 0 N–H and O–H groups in total. The van der Waals surface area contributed by atoms with Gasteiger partial charge in [0, 0.05) is 10.6 Å². The summed E-state index contributed by atoms with van der Waals surface area (Å²) in [4.78, 5) is 2.25. The minimum absolute atomic E-state index is 0.287. The molecule has 1 atom stereocenters. The molecule has 8 heteroatoms. The van der Waals surface area contributed by atoms with Crippen molar-refractivity contribution in [3.05, 3.63) is 62.9 Å². The first-order chi connectivity index (χ1) is 13.9. The normalized spacial score (nSPS) is 12.4. The number of halogens is 2. The number of hydrogen-bond donors (Lipinski definition) is 0. The van der Waals surface area contributed by atoms with Gasteiger partial charge in [0.05, 0.1) is 17.8 Å². The summed E-state index contributed by atoms with van der Waals surface area (Å²) in [5.41, 5.74) is 3.98. The van der Waals surface area contributed by atoms with E-state index in [0.717, 1.165) is 35.5 Å². The molecule has 29 heavy (non-hydrogen) atoms. The highest BCUT2D eigenvalue weighted by atomic mass is 35.5. The van der Waals surface area contributed by atoms with Crippen LogP contribution in [0.25, 0.3) is 5.69 Å². The van der Waals surface area contributed by atoms with Crippen LogP contribution in [0, 0.1) is 13.8 Å². The molecule has 0 radical (unpaired) electrons. The van der Waals surface area contributed by atoms with Crippen molar-refractivity contribution >= 4 is 23.2 Å². The van der Waals surface area contributed by atoms with Gasteiger partial charge in [0.1, 0.15) is 11.8 Å². The van der Waals surface area contributed by atoms with Gasteiger partial charge in [0.2, 0.25) is 0 Å². The second kappa shape index (κ2) is 9.11. The Morgan fingerprint density at radius 2 is 1.76 bits per heavy atom. The standard InChI is InChI=1S/C21H25Cl2N5O/c1-6-27(7-2)19(16-11-15(22)12-17(23)20(16)29-5)21-24-25-26-28(21)18-13(3)9-8-10-14(18)4/h8-12,19H,6-7H2,1-5H3/t19-/m1/s1. The zero-order valence-electron chi connectivity index (χ0n) is 17.3. The Hall–Kier alpha value is -2.15. The van der Waals surface area contributed by atoms with Crippen molar-refractivity contribution in [2.75, 3.05) is 20.2 Å². The molecule has 0 aliphatic rings. The van der Waals surface area contributed by atoms with Crippen molar-refractivity contribution in [1.29, 1.82) is 0 Å². The number of nitrogens with zero attached hydrogens (tertiary/aromatic N) is 5. The number of aromatic nitrogens is 4. The maximum Gasteiger partial charge on any atom is 0.178 e. The predicted molar refractivity (Wildman–Crippen MR) is 116 cm³/mol. The molecule has 0 unspecified atom stereocenters. The third kappa shape index (κ3) is 4.10. The fourth-order valence-electron chi connectivity index (χ4n) is 3.75. The Bertz CT molecular complexity index is 980. The summed E-state index contributed by atoms with van der Waals surface area (Å²) in [5.74, 6) is 1.26. The fourth-order valence-corrected chi connectivity index (χ4v) is 4.34. The third-order valence-electron chi connectivity index (χ3n) is 5.10. The Morgan fingerprint density at radius 3 is 2.34 bits per heavy atom. The molecule has 1 aromatic heterocycles. The highest BCUT2D eigenvalue weighted by molar-refractivity contribution is 6.35. The van der Waals surface area contributed by atoms with Gasteiger partial charge in [-0.15, -0.1) is 5.10 Å². The van der Waals surface area contributed by atoms with E-state index in [1.807, 2.05) is 16.8 Å². The number of methoxy groups -OCH3 is 1. The van der Waals surface area contributed by atoms with E-state index in [2.05, 4.69) is 60.3 Å². The minimum atomic E-state index is -0.287. The molecule has 2 aromatic carbocycles. The van der Waals surface area contributed by atoms with Gasteiger partial charge in [-0.1, -0.05) is 55.2 Å². The zero-order chi connectivity index (χ0) is 21.1. The molecule has 0 aliphatic heterocycles. The van der Waals surface area contributed by atoms with Gasteiger partial charge in [-0.25, -0.2) is 0 Å². The number of benzene rings is 2. The van der Waals surface area contributed by atoms with Crippen LogP contribution >= 0.6 is 23.2 Å². The van der Waals surface area contributed by atoms with E-state index < -0.39 is 0 Å². The van der Waals surface area contributed by atoms with Gasteiger partial charge in [-0.3, -0.25) is 4.90 Å². The number of hydrogen-bond acceptors (Lipinski definition) is 5. The molecule has 0 spiro atoms. The average Bonchev–Trinajstić information content (AvgIpc) is 3.14. The quantitative estimate of drug-likeness (QED) is 0.522. The van der Waals surface area contributed by atoms with Crippen molar-refractivity contribution in [2.24, 2.45) is 0 Å². The summed E-state index contributed by atoms with van der Waals surface area (Å²) in [6.07, 6.45) is 0. The Labute approximate surface area is 181 Å². The minimum Gasteiger partial charge on any atom is -0.495 e. The molecule has 0 saturated carbocycles. The van der Waals surface area contributed by atoms with E-state index in [9.17, 15) is 0 Å². The second-order valence-electron chi connectivity index (χ2n) is 6.82. The van der Waals surface area contributed by atoms with E-state index in [-0.39, 0.29) is 6.04 Å². The summed E-state index contributed by atoms with van der Waals surface area (Å²) in [7, 11) is 1.60. The average molecular weight is 434 g/mol. The summed E-state index contributed by atoms with van der Waals surface area (Å²) in [6.45, 7) is 9.88. The molecule has 3 rings (SSSR count). The van der Waals surface area contributed by atoms with Gasteiger partial charge in [-0.2, -0.15) is 4.68 Å². The lowest BCUT2D eigenvalue weighted by Crippen LogP contribution is -2.32. The number of tetrazole rings is 1. The van der Waals surface area contributed by atoms with Crippen LogP contribution in [0.15, 0.2) is 30.3 Å². The fraction of sp³-hybridized carbons (Fsp3) is 0.381. The van der Waals surface area contributed by atoms with E-state index in [1.54, 1.807) is 13.2 Å². The Kier molecular flexibility index (Phi) is 6.77. The first-order valence-electron chi connectivity index (χ1n) is 9.54. The van der Waals surface area contributed by atoms with Gasteiger partial charge in [0.25, 0.3) is 0 Å². The topological polar surface area (TPSA) is 56.1 Å². The van der Waals surface area contributed by atoms with E-state index >= 15 is 0 Å². The first kappa shape index (κ1) is 21.6. The number of para-hydroxylation sites is 1. The molecular formula is C21H25Cl2N5O. The second-order valence-corrected chi connectivity index (χ2v) is 7.67. The number of rotatable bonds is 7. The molecular weight excluding hydrogens is 409 g/mol. The van der Waals surface area contributed by atoms with Crippen molar-refractivity contribution in [3.8, 4) is 11.4 Å². The van der Waals surface area contributed by atoms with Gasteiger partial charge >= 0.3 is 0 Å². The highest BCUT2D eigenvalue weighted by Crippen LogP contribution is 2.40. The lowest BCUT2D eigenvalue weighted by atomic mass is 10.0. The number of aryl methyl sites for hydroxylation is 2. The van der Waals surface area contributed by atoms with E-state index in [0.29, 0.717) is 21.6 Å². The third-order valence-corrected chi connectivity index (χ3v) is 5.60. The van der Waals surface area contributed by atoms with Crippen LogP contribution in [0.4, 0.5) is 0 Å². The molecule has 6 nitrogen and oxygen atoms in total. The molecule has 0 amide bonds. The lowest BCUT2D eigenvalue weighted by Gasteiger charge is -2.30.